The van der Waals surface area contributed by atoms with Crippen LogP contribution in [0.2, 0.25) is 0 Å². The molecular formula is C24H30F4N2O4S. The third-order valence-electron chi connectivity index (χ3n) is 5.23. The summed E-state index contributed by atoms with van der Waals surface area (Å²) in [6.07, 6.45) is -3.09. The van der Waals surface area contributed by atoms with Crippen molar-refractivity contribution in [2.75, 3.05) is 17.6 Å². The standard InChI is InChI=1S/C24H30F4N2O4S/c1-15(17-6-9-19(18(25)14-17)30-35(5,32)33)20(31)10-7-16-8-11-21(24(26,27)28)29-22(16)34-13-12-23(2,3)4/h6,8-9,11,14-15,30H,7,10,12-13H2,1-5H3. The predicted molar refractivity (Wildman–Crippen MR) is 125 cm³/mol. The monoisotopic (exact) mass is 518 g/mol. The Kier molecular flexibility index (Phi) is 8.91. The van der Waals surface area contributed by atoms with Crippen molar-refractivity contribution < 1.29 is 35.5 Å². The fourth-order valence-corrected chi connectivity index (χ4v) is 3.70. The molecule has 1 aromatic heterocycles. The van der Waals surface area contributed by atoms with E-state index in [0.29, 0.717) is 17.5 Å². The van der Waals surface area contributed by atoms with E-state index in [9.17, 15) is 30.8 Å². The van der Waals surface area contributed by atoms with Crippen LogP contribution in [0.25, 0.3) is 0 Å². The van der Waals surface area contributed by atoms with Gasteiger partial charge in [-0.05, 0) is 42.0 Å². The predicted octanol–water partition coefficient (Wildman–Crippen LogP) is 5.73. The second kappa shape index (κ2) is 10.9. The minimum absolute atomic E-state index is 0.0329. The van der Waals surface area contributed by atoms with Crippen LogP contribution < -0.4 is 9.46 Å². The lowest BCUT2D eigenvalue weighted by Crippen LogP contribution is -2.15. The van der Waals surface area contributed by atoms with Gasteiger partial charge in [-0.3, -0.25) is 9.52 Å². The number of anilines is 1. The number of pyridine rings is 1. The third kappa shape index (κ3) is 9.12. The first kappa shape index (κ1) is 28.5. The normalized spacial score (nSPS) is 13.4. The minimum Gasteiger partial charge on any atom is -0.477 e. The number of aromatic nitrogens is 1. The SMILES string of the molecule is CC(C(=O)CCc1ccc(C(F)(F)F)nc1OCCC(C)(C)C)c1ccc(NS(C)(=O)=O)c(F)c1. The van der Waals surface area contributed by atoms with Gasteiger partial charge in [0, 0.05) is 17.9 Å². The molecule has 0 bridgehead atoms. The number of benzene rings is 1. The molecule has 194 valence electrons. The van der Waals surface area contributed by atoms with Gasteiger partial charge in [-0.15, -0.1) is 0 Å². The number of nitrogens with zero attached hydrogens (tertiary/aromatic N) is 1. The van der Waals surface area contributed by atoms with Gasteiger partial charge in [0.05, 0.1) is 18.6 Å². The highest BCUT2D eigenvalue weighted by Gasteiger charge is 2.33. The molecule has 1 unspecified atom stereocenters. The first-order valence-corrected chi connectivity index (χ1v) is 12.9. The molecule has 0 saturated heterocycles. The molecule has 1 aromatic carbocycles. The van der Waals surface area contributed by atoms with Gasteiger partial charge < -0.3 is 4.74 Å². The molecule has 0 spiro atoms. The van der Waals surface area contributed by atoms with Crippen LogP contribution in [-0.4, -0.2) is 32.0 Å². The lowest BCUT2D eigenvalue weighted by molar-refractivity contribution is -0.141. The third-order valence-corrected chi connectivity index (χ3v) is 5.82. The molecule has 0 amide bonds. The van der Waals surface area contributed by atoms with Gasteiger partial charge in [0.1, 0.15) is 17.3 Å². The van der Waals surface area contributed by atoms with Crippen LogP contribution in [0.4, 0.5) is 23.2 Å². The van der Waals surface area contributed by atoms with Gasteiger partial charge in [0.15, 0.2) is 0 Å². The van der Waals surface area contributed by atoms with Gasteiger partial charge in [-0.1, -0.05) is 39.8 Å². The van der Waals surface area contributed by atoms with Crippen molar-refractivity contribution >= 4 is 21.5 Å². The van der Waals surface area contributed by atoms with E-state index in [1.54, 1.807) is 6.92 Å². The van der Waals surface area contributed by atoms with Crippen LogP contribution in [0.15, 0.2) is 30.3 Å². The number of hydrogen-bond donors (Lipinski definition) is 1. The number of ether oxygens (including phenoxy) is 1. The van der Waals surface area contributed by atoms with Gasteiger partial charge in [0.25, 0.3) is 0 Å². The highest BCUT2D eigenvalue weighted by Crippen LogP contribution is 2.32. The summed E-state index contributed by atoms with van der Waals surface area (Å²) in [6, 6.07) is 5.86. The van der Waals surface area contributed by atoms with Crippen LogP contribution in [0.5, 0.6) is 5.88 Å². The summed E-state index contributed by atoms with van der Waals surface area (Å²) in [4.78, 5) is 16.4. The van der Waals surface area contributed by atoms with Crippen LogP contribution in [-0.2, 0) is 27.4 Å². The number of carbonyl (C=O) groups is 1. The Balaban J connectivity index is 2.15. The number of aryl methyl sites for hydroxylation is 1. The van der Waals surface area contributed by atoms with E-state index in [0.717, 1.165) is 18.4 Å². The molecule has 1 atom stereocenters. The number of rotatable bonds is 10. The molecule has 6 nitrogen and oxygen atoms in total. The maximum absolute atomic E-state index is 14.3. The van der Waals surface area contributed by atoms with E-state index in [2.05, 4.69) is 9.71 Å². The molecule has 0 fully saturated rings. The summed E-state index contributed by atoms with van der Waals surface area (Å²) in [6.45, 7) is 7.67. The number of Topliss-reactive ketones (excluding diaryl/α,β-unsaturated/α-hetero) is 1. The fraction of sp³-hybridized carbons (Fsp3) is 0.500. The summed E-state index contributed by atoms with van der Waals surface area (Å²) >= 11 is 0. The Morgan fingerprint density at radius 2 is 1.80 bits per heavy atom. The van der Waals surface area contributed by atoms with Crippen LogP contribution >= 0.6 is 0 Å². The maximum atomic E-state index is 14.3. The summed E-state index contributed by atoms with van der Waals surface area (Å²) in [5, 5.41) is 0. The first-order chi connectivity index (χ1) is 16.0. The fourth-order valence-electron chi connectivity index (χ4n) is 3.14. The zero-order valence-corrected chi connectivity index (χ0v) is 21.1. The van der Waals surface area contributed by atoms with E-state index < -0.39 is 33.6 Å². The number of halogens is 4. The van der Waals surface area contributed by atoms with E-state index in [4.69, 9.17) is 4.74 Å². The van der Waals surface area contributed by atoms with Crippen LogP contribution in [0.1, 0.15) is 63.3 Å². The van der Waals surface area contributed by atoms with Gasteiger partial charge in [-0.25, -0.2) is 17.8 Å². The van der Waals surface area contributed by atoms with Gasteiger partial charge in [0.2, 0.25) is 15.9 Å². The molecule has 0 aliphatic carbocycles. The molecule has 2 rings (SSSR count). The highest BCUT2D eigenvalue weighted by molar-refractivity contribution is 7.92. The van der Waals surface area contributed by atoms with E-state index >= 15 is 0 Å². The van der Waals surface area contributed by atoms with Crippen molar-refractivity contribution in [3.63, 3.8) is 0 Å². The Labute approximate surface area is 203 Å². The largest absolute Gasteiger partial charge is 0.477 e. The van der Waals surface area contributed by atoms with Gasteiger partial charge >= 0.3 is 6.18 Å². The number of sulfonamides is 1. The first-order valence-electron chi connectivity index (χ1n) is 11.0. The van der Waals surface area contributed by atoms with E-state index in [-0.39, 0.29) is 42.2 Å². The number of hydrogen-bond acceptors (Lipinski definition) is 5. The van der Waals surface area contributed by atoms with Crippen molar-refractivity contribution in [1.29, 1.82) is 0 Å². The van der Waals surface area contributed by atoms with E-state index in [1.807, 2.05) is 20.8 Å². The quantitative estimate of drug-likeness (QED) is 0.406. The summed E-state index contributed by atoms with van der Waals surface area (Å²) in [7, 11) is -3.67. The van der Waals surface area contributed by atoms with E-state index in [1.165, 1.54) is 18.2 Å². The highest BCUT2D eigenvalue weighted by atomic mass is 32.2. The number of ketones is 1. The Morgan fingerprint density at radius 3 is 2.34 bits per heavy atom. The molecule has 0 aliphatic heterocycles. The van der Waals surface area contributed by atoms with Crippen molar-refractivity contribution in [3.05, 3.63) is 53.0 Å². The van der Waals surface area contributed by atoms with Crippen molar-refractivity contribution in [1.82, 2.24) is 4.98 Å². The molecule has 0 saturated carbocycles. The summed E-state index contributed by atoms with van der Waals surface area (Å²) in [5.74, 6) is -1.97. The van der Waals surface area contributed by atoms with Crippen molar-refractivity contribution in [2.24, 2.45) is 5.41 Å². The molecule has 0 aliphatic rings. The number of carbonyl (C=O) groups excluding carboxylic acids is 1. The van der Waals surface area contributed by atoms with Crippen LogP contribution in [0.3, 0.4) is 0 Å². The van der Waals surface area contributed by atoms with Gasteiger partial charge in [-0.2, -0.15) is 13.2 Å². The molecule has 1 N–H and O–H groups in total. The average Bonchev–Trinajstić information content (AvgIpc) is 2.70. The summed E-state index contributed by atoms with van der Waals surface area (Å²) < 4.78 is 83.9. The number of alkyl halides is 3. The average molecular weight is 519 g/mol. The topological polar surface area (TPSA) is 85.4 Å². The number of nitrogens with one attached hydrogen (secondary N) is 1. The summed E-state index contributed by atoms with van der Waals surface area (Å²) in [5.41, 5.74) is -0.687. The van der Waals surface area contributed by atoms with Crippen molar-refractivity contribution in [2.45, 2.75) is 59.1 Å². The molecule has 35 heavy (non-hydrogen) atoms. The maximum Gasteiger partial charge on any atom is 0.433 e. The zero-order valence-electron chi connectivity index (χ0n) is 20.3. The second-order valence-corrected chi connectivity index (χ2v) is 11.4. The lowest BCUT2D eigenvalue weighted by Gasteiger charge is -2.19. The molecule has 11 heteroatoms. The zero-order chi connectivity index (χ0) is 26.6. The molecule has 0 radical (unpaired) electrons. The molecular weight excluding hydrogens is 488 g/mol. The second-order valence-electron chi connectivity index (χ2n) is 9.62. The Hall–Kier alpha value is -2.69. The smallest absolute Gasteiger partial charge is 0.433 e. The van der Waals surface area contributed by atoms with Crippen LogP contribution in [0, 0.1) is 11.2 Å². The lowest BCUT2D eigenvalue weighted by atomic mass is 9.92. The minimum atomic E-state index is -4.63. The van der Waals surface area contributed by atoms with Crippen molar-refractivity contribution in [3.8, 4) is 5.88 Å². The molecule has 1 heterocycles. The Bertz CT molecular complexity index is 1160. The Morgan fingerprint density at radius 1 is 1.14 bits per heavy atom. The molecule has 2 aromatic rings.